The lowest BCUT2D eigenvalue weighted by atomic mass is 9.94. The average molecular weight is 441 g/mol. The Bertz CT molecular complexity index is 815. The van der Waals surface area contributed by atoms with E-state index in [1.165, 1.54) is 24.0 Å². The number of allylic oxidation sites excluding steroid dienone is 1. The molecule has 4 aliphatic rings. The molecule has 1 aromatic carbocycles. The van der Waals surface area contributed by atoms with Gasteiger partial charge in [-0.2, -0.15) is 0 Å². The van der Waals surface area contributed by atoms with Gasteiger partial charge in [-0.1, -0.05) is 24.3 Å². The molecule has 0 radical (unpaired) electrons. The molecule has 0 saturated carbocycles. The summed E-state index contributed by atoms with van der Waals surface area (Å²) >= 11 is 0. The molecular weight excluding hydrogens is 404 g/mol. The van der Waals surface area contributed by atoms with Crippen molar-refractivity contribution in [2.45, 2.75) is 57.6 Å². The first-order valence-corrected chi connectivity index (χ1v) is 12.4. The Balaban J connectivity index is 1.19. The van der Waals surface area contributed by atoms with E-state index in [0.717, 1.165) is 51.9 Å². The lowest BCUT2D eigenvalue weighted by Crippen LogP contribution is -2.47. The number of nitrogens with zero attached hydrogens (tertiary/aromatic N) is 2. The summed E-state index contributed by atoms with van der Waals surface area (Å²) in [7, 11) is 0. The van der Waals surface area contributed by atoms with Crippen LogP contribution >= 0.6 is 0 Å². The summed E-state index contributed by atoms with van der Waals surface area (Å²) in [5.74, 6) is 1.47. The van der Waals surface area contributed by atoms with Crippen molar-refractivity contribution < 1.29 is 19.0 Å². The Morgan fingerprint density at radius 1 is 1.00 bits per heavy atom. The Labute approximate surface area is 191 Å². The molecule has 0 spiro atoms. The van der Waals surface area contributed by atoms with Gasteiger partial charge in [0.05, 0.1) is 6.10 Å². The highest BCUT2D eigenvalue weighted by Crippen LogP contribution is 2.29. The van der Waals surface area contributed by atoms with E-state index in [2.05, 4.69) is 29.2 Å². The maximum Gasteiger partial charge on any atom is 0.292 e. The lowest BCUT2D eigenvalue weighted by Gasteiger charge is -2.38. The second-order valence-corrected chi connectivity index (χ2v) is 9.74. The Morgan fingerprint density at radius 2 is 1.72 bits per heavy atom. The van der Waals surface area contributed by atoms with Crippen LogP contribution in [0.1, 0.15) is 43.7 Å². The molecular formula is C26H36N2O4. The summed E-state index contributed by atoms with van der Waals surface area (Å²) < 4.78 is 17.2. The molecule has 3 heterocycles. The highest BCUT2D eigenvalue weighted by Gasteiger charge is 2.33. The Kier molecular flexibility index (Phi) is 6.69. The lowest BCUT2D eigenvalue weighted by molar-refractivity contribution is -0.135. The van der Waals surface area contributed by atoms with E-state index < -0.39 is 0 Å². The van der Waals surface area contributed by atoms with Gasteiger partial charge in [-0.15, -0.1) is 0 Å². The number of benzene rings is 1. The molecule has 1 atom stereocenters. The smallest absolute Gasteiger partial charge is 0.292 e. The largest absolute Gasteiger partial charge is 0.491 e. The fourth-order valence-electron chi connectivity index (χ4n) is 5.74. The second-order valence-electron chi connectivity index (χ2n) is 9.74. The van der Waals surface area contributed by atoms with Crippen molar-refractivity contribution in [3.8, 4) is 0 Å². The van der Waals surface area contributed by atoms with Crippen molar-refractivity contribution in [2.75, 3.05) is 46.0 Å². The van der Waals surface area contributed by atoms with Crippen LogP contribution in [-0.2, 0) is 31.8 Å². The van der Waals surface area contributed by atoms with Gasteiger partial charge in [-0.05, 0) is 75.6 Å². The zero-order valence-corrected chi connectivity index (χ0v) is 19.3. The van der Waals surface area contributed by atoms with Crippen LogP contribution in [0.5, 0.6) is 0 Å². The molecule has 32 heavy (non-hydrogen) atoms. The Hall–Kier alpha value is -2.05. The van der Waals surface area contributed by atoms with Crippen LogP contribution in [0, 0.1) is 5.92 Å². The van der Waals surface area contributed by atoms with Gasteiger partial charge in [-0.25, -0.2) is 0 Å². The van der Waals surface area contributed by atoms with Gasteiger partial charge in [-0.3, -0.25) is 9.69 Å². The molecule has 0 N–H and O–H groups in total. The minimum Gasteiger partial charge on any atom is -0.491 e. The van der Waals surface area contributed by atoms with E-state index >= 15 is 0 Å². The van der Waals surface area contributed by atoms with Crippen LogP contribution in [0.15, 0.2) is 35.8 Å². The predicted octanol–water partition coefficient (Wildman–Crippen LogP) is 3.15. The number of hydrogen-bond donors (Lipinski definition) is 0. The second kappa shape index (κ2) is 9.84. The number of amides is 1. The molecule has 0 bridgehead atoms. The molecule has 1 amide bonds. The number of fused-ring (bicyclic) bond motifs is 1. The van der Waals surface area contributed by atoms with Crippen LogP contribution in [0.2, 0.25) is 0 Å². The molecule has 2 fully saturated rings. The molecule has 174 valence electrons. The standard InChI is InChI=1S/C26H36N2O4/c1-19-25(32-14-13-30-19)26(29)28(18-24-7-4-12-31-24)17-20-8-10-27(11-9-20)23-15-21-5-2-3-6-22(21)16-23/h2-3,5-6,20,23-24H,4,7-18H2,1H3/t24-/m1/s1. The van der Waals surface area contributed by atoms with Gasteiger partial charge in [0.2, 0.25) is 5.76 Å². The number of hydrogen-bond acceptors (Lipinski definition) is 5. The number of piperidine rings is 1. The number of carbonyl (C=O) groups is 1. The summed E-state index contributed by atoms with van der Waals surface area (Å²) in [6, 6.07) is 9.52. The first-order valence-electron chi connectivity index (χ1n) is 12.4. The normalized spacial score (nSPS) is 24.8. The van der Waals surface area contributed by atoms with Gasteiger partial charge < -0.3 is 19.1 Å². The number of ether oxygens (including phenoxy) is 3. The van der Waals surface area contributed by atoms with Gasteiger partial charge in [0, 0.05) is 25.7 Å². The quantitative estimate of drug-likeness (QED) is 0.680. The molecule has 1 aromatic rings. The third-order valence-corrected chi connectivity index (χ3v) is 7.57. The fraction of sp³-hybridized carbons (Fsp3) is 0.654. The Morgan fingerprint density at radius 3 is 2.38 bits per heavy atom. The monoisotopic (exact) mass is 440 g/mol. The van der Waals surface area contributed by atoms with Crippen LogP contribution in [-0.4, -0.2) is 73.9 Å². The minimum absolute atomic E-state index is 0.0358. The van der Waals surface area contributed by atoms with Crippen molar-refractivity contribution in [1.82, 2.24) is 9.80 Å². The molecule has 6 heteroatoms. The summed E-state index contributed by atoms with van der Waals surface area (Å²) in [5, 5.41) is 0. The summed E-state index contributed by atoms with van der Waals surface area (Å²) in [5.41, 5.74) is 3.04. The van der Waals surface area contributed by atoms with Crippen LogP contribution in [0.25, 0.3) is 0 Å². The average Bonchev–Trinajstić information content (AvgIpc) is 3.49. The van der Waals surface area contributed by atoms with Gasteiger partial charge in [0.15, 0.2) is 0 Å². The molecule has 1 aliphatic carbocycles. The zero-order valence-electron chi connectivity index (χ0n) is 19.3. The van der Waals surface area contributed by atoms with Crippen LogP contribution in [0.3, 0.4) is 0 Å². The first-order chi connectivity index (χ1) is 15.7. The molecule has 5 rings (SSSR count). The fourth-order valence-corrected chi connectivity index (χ4v) is 5.74. The summed E-state index contributed by atoms with van der Waals surface area (Å²) in [4.78, 5) is 18.0. The predicted molar refractivity (Wildman–Crippen MR) is 122 cm³/mol. The highest BCUT2D eigenvalue weighted by atomic mass is 16.6. The molecule has 6 nitrogen and oxygen atoms in total. The number of likely N-dealkylation sites (tertiary alicyclic amines) is 1. The van der Waals surface area contributed by atoms with Gasteiger partial charge >= 0.3 is 0 Å². The third-order valence-electron chi connectivity index (χ3n) is 7.57. The van der Waals surface area contributed by atoms with Crippen molar-refractivity contribution in [3.63, 3.8) is 0 Å². The number of rotatable bonds is 6. The van der Waals surface area contributed by atoms with Crippen molar-refractivity contribution in [3.05, 3.63) is 46.9 Å². The van der Waals surface area contributed by atoms with E-state index in [4.69, 9.17) is 14.2 Å². The van der Waals surface area contributed by atoms with E-state index in [1.807, 2.05) is 11.8 Å². The van der Waals surface area contributed by atoms with Gasteiger partial charge in [0.25, 0.3) is 5.91 Å². The first kappa shape index (κ1) is 21.8. The topological polar surface area (TPSA) is 51.2 Å². The third kappa shape index (κ3) is 4.81. The summed E-state index contributed by atoms with van der Waals surface area (Å²) in [6.45, 7) is 7.24. The van der Waals surface area contributed by atoms with Crippen LogP contribution < -0.4 is 0 Å². The van der Waals surface area contributed by atoms with E-state index in [0.29, 0.717) is 43.2 Å². The van der Waals surface area contributed by atoms with E-state index in [9.17, 15) is 4.79 Å². The maximum atomic E-state index is 13.4. The summed E-state index contributed by atoms with van der Waals surface area (Å²) in [6.07, 6.45) is 6.87. The highest BCUT2D eigenvalue weighted by molar-refractivity contribution is 5.92. The maximum absolute atomic E-state index is 13.4. The van der Waals surface area contributed by atoms with Crippen molar-refractivity contribution in [2.24, 2.45) is 5.92 Å². The zero-order chi connectivity index (χ0) is 21.9. The van der Waals surface area contributed by atoms with Gasteiger partial charge in [0.1, 0.15) is 19.0 Å². The molecule has 3 aliphatic heterocycles. The SMILES string of the molecule is CC1=C(C(=O)N(CC2CCN(C3Cc4ccccc4C3)CC2)C[C@H]2CCCO2)OCCO1. The van der Waals surface area contributed by atoms with E-state index in [-0.39, 0.29) is 12.0 Å². The molecule has 0 unspecified atom stereocenters. The van der Waals surface area contributed by atoms with Crippen LogP contribution in [0.4, 0.5) is 0 Å². The van der Waals surface area contributed by atoms with E-state index in [1.54, 1.807) is 0 Å². The van der Waals surface area contributed by atoms with Crippen molar-refractivity contribution >= 4 is 5.91 Å². The van der Waals surface area contributed by atoms with Crippen molar-refractivity contribution in [1.29, 1.82) is 0 Å². The number of carbonyl (C=O) groups excluding carboxylic acids is 1. The minimum atomic E-state index is -0.0358. The molecule has 2 saturated heterocycles. The molecule has 0 aromatic heterocycles.